The normalized spacial score (nSPS) is 33.6. The zero-order chi connectivity index (χ0) is 18.1. The highest BCUT2D eigenvalue weighted by Crippen LogP contribution is 2.45. The zero-order valence-electron chi connectivity index (χ0n) is 14.3. The average Bonchev–Trinajstić information content (AvgIpc) is 2.86. The monoisotopic (exact) mass is 346 g/mol. The summed E-state index contributed by atoms with van der Waals surface area (Å²) in [7, 11) is 0. The van der Waals surface area contributed by atoms with Crippen LogP contribution in [0.5, 0.6) is 0 Å². The first kappa shape index (κ1) is 18.6. The molecule has 9 nitrogen and oxygen atoms in total. The van der Waals surface area contributed by atoms with Gasteiger partial charge in [-0.15, -0.1) is 0 Å². The molecule has 136 valence electrons. The Morgan fingerprint density at radius 2 is 1.58 bits per heavy atom. The van der Waals surface area contributed by atoms with Gasteiger partial charge in [0.05, 0.1) is 0 Å². The van der Waals surface area contributed by atoms with Gasteiger partial charge in [0.1, 0.15) is 19.3 Å². The van der Waals surface area contributed by atoms with E-state index in [-0.39, 0.29) is 13.2 Å². The van der Waals surface area contributed by atoms with Crippen LogP contribution in [0.15, 0.2) is 0 Å². The summed E-state index contributed by atoms with van der Waals surface area (Å²) in [6.45, 7) is 6.53. The van der Waals surface area contributed by atoms with Gasteiger partial charge in [-0.2, -0.15) is 0 Å². The quantitative estimate of drug-likeness (QED) is 0.513. The molecule has 0 radical (unpaired) electrons. The van der Waals surface area contributed by atoms with Crippen molar-refractivity contribution in [1.82, 2.24) is 0 Å². The van der Waals surface area contributed by atoms with Gasteiger partial charge in [-0.25, -0.2) is 0 Å². The number of carbonyl (C=O) groups is 3. The summed E-state index contributed by atoms with van der Waals surface area (Å²) in [5.41, 5.74) is -1.48. The van der Waals surface area contributed by atoms with E-state index in [0.29, 0.717) is 0 Å². The Labute approximate surface area is 139 Å². The van der Waals surface area contributed by atoms with Crippen LogP contribution in [0.4, 0.5) is 0 Å². The van der Waals surface area contributed by atoms with Crippen molar-refractivity contribution in [3.63, 3.8) is 0 Å². The third-order valence-electron chi connectivity index (χ3n) is 3.66. The fourth-order valence-electron chi connectivity index (χ4n) is 2.80. The first-order valence-corrected chi connectivity index (χ1v) is 7.53. The molecule has 4 atom stereocenters. The van der Waals surface area contributed by atoms with E-state index in [0.717, 1.165) is 0 Å². The van der Waals surface area contributed by atoms with Crippen molar-refractivity contribution in [3.05, 3.63) is 0 Å². The molecule has 0 N–H and O–H groups in total. The molecule has 2 heterocycles. The van der Waals surface area contributed by atoms with Gasteiger partial charge in [0, 0.05) is 20.8 Å². The lowest BCUT2D eigenvalue weighted by molar-refractivity contribution is -0.246. The molecule has 9 heteroatoms. The Morgan fingerprint density at radius 1 is 0.958 bits per heavy atom. The molecule has 0 saturated carbocycles. The second-order valence-electron chi connectivity index (χ2n) is 6.18. The van der Waals surface area contributed by atoms with Crippen LogP contribution in [0.3, 0.4) is 0 Å². The lowest BCUT2D eigenvalue weighted by Gasteiger charge is -2.36. The van der Waals surface area contributed by atoms with Crippen LogP contribution in [0, 0.1) is 0 Å². The number of fused-ring (bicyclic) bond motifs is 1. The Balaban J connectivity index is 2.32. The Morgan fingerprint density at radius 3 is 2.12 bits per heavy atom. The zero-order valence-corrected chi connectivity index (χ0v) is 14.3. The van der Waals surface area contributed by atoms with Gasteiger partial charge >= 0.3 is 17.9 Å². The standard InChI is InChI=1S/C15H22O9/c1-8(16)19-6-11-15(22-10(3)18,7-20-9(2)17)12-13(21-11)24-14(4,5)23-12/h11-13H,6-7H2,1-5H3/t11-,12?,13-,15+/m1/s1. The van der Waals surface area contributed by atoms with E-state index in [9.17, 15) is 14.4 Å². The predicted octanol–water partition coefficient (Wildman–Crippen LogP) is 0.291. The van der Waals surface area contributed by atoms with Gasteiger partial charge in [0.2, 0.25) is 5.60 Å². The second kappa shape index (κ2) is 6.66. The lowest BCUT2D eigenvalue weighted by atomic mass is 9.93. The number of ether oxygens (including phenoxy) is 6. The maximum atomic E-state index is 11.7. The third kappa shape index (κ3) is 3.85. The van der Waals surface area contributed by atoms with Gasteiger partial charge in [0.25, 0.3) is 0 Å². The van der Waals surface area contributed by atoms with Crippen molar-refractivity contribution < 1.29 is 42.8 Å². The number of esters is 3. The SMILES string of the molecule is CC(=O)OC[C@H]1O[C@@H]2OC(C)(C)OC2[C@@]1(COC(C)=O)OC(C)=O. The average molecular weight is 346 g/mol. The van der Waals surface area contributed by atoms with Gasteiger partial charge in [0.15, 0.2) is 18.2 Å². The molecular formula is C15H22O9. The van der Waals surface area contributed by atoms with Crippen LogP contribution in [0.2, 0.25) is 0 Å². The van der Waals surface area contributed by atoms with Crippen molar-refractivity contribution >= 4 is 17.9 Å². The molecule has 0 amide bonds. The summed E-state index contributed by atoms with van der Waals surface area (Å²) in [4.78, 5) is 34.0. The Bertz CT molecular complexity index is 529. The van der Waals surface area contributed by atoms with E-state index in [1.165, 1.54) is 20.8 Å². The molecule has 2 aliphatic rings. The molecule has 0 aromatic heterocycles. The molecule has 2 rings (SSSR count). The van der Waals surface area contributed by atoms with E-state index >= 15 is 0 Å². The highest BCUT2D eigenvalue weighted by molar-refractivity contribution is 5.68. The van der Waals surface area contributed by atoms with E-state index in [1.54, 1.807) is 13.8 Å². The second-order valence-corrected chi connectivity index (χ2v) is 6.18. The van der Waals surface area contributed by atoms with Crippen molar-refractivity contribution in [1.29, 1.82) is 0 Å². The molecule has 0 aromatic carbocycles. The minimum Gasteiger partial charge on any atom is -0.463 e. The number of hydrogen-bond donors (Lipinski definition) is 0. The molecule has 2 saturated heterocycles. The van der Waals surface area contributed by atoms with E-state index in [2.05, 4.69) is 0 Å². The fraction of sp³-hybridized carbons (Fsp3) is 0.800. The van der Waals surface area contributed by atoms with Crippen LogP contribution < -0.4 is 0 Å². The molecule has 0 aliphatic carbocycles. The molecule has 0 bridgehead atoms. The predicted molar refractivity (Wildman–Crippen MR) is 76.5 cm³/mol. The summed E-state index contributed by atoms with van der Waals surface area (Å²) < 4.78 is 32.7. The highest BCUT2D eigenvalue weighted by atomic mass is 16.8. The largest absolute Gasteiger partial charge is 0.463 e. The molecule has 0 spiro atoms. The molecule has 2 fully saturated rings. The smallest absolute Gasteiger partial charge is 0.303 e. The van der Waals surface area contributed by atoms with Gasteiger partial charge in [-0.05, 0) is 13.8 Å². The Kier molecular flexibility index (Phi) is 5.17. The molecule has 2 aliphatic heterocycles. The van der Waals surface area contributed by atoms with Crippen LogP contribution in [-0.4, -0.2) is 61.0 Å². The van der Waals surface area contributed by atoms with Crippen LogP contribution >= 0.6 is 0 Å². The first-order chi connectivity index (χ1) is 11.1. The highest BCUT2D eigenvalue weighted by Gasteiger charge is 2.67. The summed E-state index contributed by atoms with van der Waals surface area (Å²) in [6.07, 6.45) is -2.59. The number of hydrogen-bond acceptors (Lipinski definition) is 9. The topological polar surface area (TPSA) is 107 Å². The third-order valence-corrected chi connectivity index (χ3v) is 3.66. The summed E-state index contributed by atoms with van der Waals surface area (Å²) in [5.74, 6) is -2.67. The summed E-state index contributed by atoms with van der Waals surface area (Å²) >= 11 is 0. The molecular weight excluding hydrogens is 324 g/mol. The van der Waals surface area contributed by atoms with Crippen molar-refractivity contribution in [3.8, 4) is 0 Å². The van der Waals surface area contributed by atoms with Crippen molar-refractivity contribution in [2.75, 3.05) is 13.2 Å². The van der Waals surface area contributed by atoms with E-state index in [4.69, 9.17) is 28.4 Å². The lowest BCUT2D eigenvalue weighted by Crippen LogP contribution is -2.57. The summed E-state index contributed by atoms with van der Waals surface area (Å²) in [6, 6.07) is 0. The van der Waals surface area contributed by atoms with E-state index in [1.807, 2.05) is 0 Å². The maximum absolute atomic E-state index is 11.7. The van der Waals surface area contributed by atoms with E-state index < -0.39 is 47.8 Å². The summed E-state index contributed by atoms with van der Waals surface area (Å²) in [5, 5.41) is 0. The van der Waals surface area contributed by atoms with Crippen LogP contribution in [0.25, 0.3) is 0 Å². The van der Waals surface area contributed by atoms with Crippen LogP contribution in [0.1, 0.15) is 34.6 Å². The minimum absolute atomic E-state index is 0.204. The number of carbonyl (C=O) groups excluding carboxylic acids is 3. The maximum Gasteiger partial charge on any atom is 0.303 e. The van der Waals surface area contributed by atoms with Gasteiger partial charge in [-0.1, -0.05) is 0 Å². The van der Waals surface area contributed by atoms with Crippen LogP contribution in [-0.2, 0) is 42.8 Å². The van der Waals surface area contributed by atoms with Gasteiger partial charge < -0.3 is 28.4 Å². The first-order valence-electron chi connectivity index (χ1n) is 7.53. The fourth-order valence-corrected chi connectivity index (χ4v) is 2.80. The number of rotatable bonds is 5. The van der Waals surface area contributed by atoms with Gasteiger partial charge in [-0.3, -0.25) is 14.4 Å². The molecule has 1 unspecified atom stereocenters. The Hall–Kier alpha value is -1.71. The molecule has 24 heavy (non-hydrogen) atoms. The minimum atomic E-state index is -1.48. The van der Waals surface area contributed by atoms with Crippen molar-refractivity contribution in [2.24, 2.45) is 0 Å². The van der Waals surface area contributed by atoms with Crippen molar-refractivity contribution in [2.45, 2.75) is 64.5 Å². The molecule has 0 aromatic rings.